The van der Waals surface area contributed by atoms with Gasteiger partial charge in [-0.05, 0) is 25.0 Å². The maximum atomic E-state index is 5.22. The fourth-order valence-electron chi connectivity index (χ4n) is 2.12. The van der Waals surface area contributed by atoms with Gasteiger partial charge < -0.3 is 9.96 Å². The van der Waals surface area contributed by atoms with Crippen LogP contribution in [0.3, 0.4) is 0 Å². The molecule has 1 aromatic carbocycles. The lowest BCUT2D eigenvalue weighted by atomic mass is 9.77. The number of hydrogen-bond donors (Lipinski definition) is 1. The molecule has 3 rings (SSSR count). The Morgan fingerprint density at radius 3 is 3.06 bits per heavy atom. The minimum Gasteiger partial charge on any atom is -0.497 e. The number of aromatic nitrogens is 2. The van der Waals surface area contributed by atoms with Crippen LogP contribution in [0.5, 0.6) is 5.75 Å². The molecule has 0 saturated heterocycles. The van der Waals surface area contributed by atoms with Crippen LogP contribution in [0.25, 0.3) is 11.3 Å². The van der Waals surface area contributed by atoms with E-state index in [1.54, 1.807) is 7.11 Å². The van der Waals surface area contributed by atoms with Gasteiger partial charge >= 0.3 is 6.98 Å². The Balaban J connectivity index is 2.19. The van der Waals surface area contributed by atoms with E-state index in [0.29, 0.717) is 0 Å². The lowest BCUT2D eigenvalue weighted by molar-refractivity contribution is 0.415. The van der Waals surface area contributed by atoms with Gasteiger partial charge in [0.1, 0.15) is 5.75 Å². The second-order valence-corrected chi connectivity index (χ2v) is 3.89. The number of rotatable bonds is 1. The van der Waals surface area contributed by atoms with Crippen molar-refractivity contribution in [1.29, 1.82) is 0 Å². The number of ether oxygens (including phenoxy) is 1. The van der Waals surface area contributed by atoms with Crippen LogP contribution >= 0.6 is 0 Å². The zero-order chi connectivity index (χ0) is 11.1. The summed E-state index contributed by atoms with van der Waals surface area (Å²) in [5, 5.41) is 7.70. The first-order valence-corrected chi connectivity index (χ1v) is 5.28. The third kappa shape index (κ3) is 1.21. The van der Waals surface area contributed by atoms with Gasteiger partial charge in [-0.25, -0.2) is 0 Å². The molecule has 0 spiro atoms. The molecule has 0 amide bonds. The van der Waals surface area contributed by atoms with Gasteiger partial charge in [-0.3, -0.25) is 4.59 Å². The van der Waals surface area contributed by atoms with Crippen molar-refractivity contribution < 1.29 is 4.74 Å². The van der Waals surface area contributed by atoms with E-state index in [-0.39, 0.29) is 6.98 Å². The Morgan fingerprint density at radius 1 is 1.38 bits per heavy atom. The molecular weight excluding hydrogens is 201 g/mol. The quantitative estimate of drug-likeness (QED) is 0.735. The van der Waals surface area contributed by atoms with E-state index >= 15 is 0 Å². The van der Waals surface area contributed by atoms with Crippen molar-refractivity contribution in [2.24, 2.45) is 0 Å². The highest BCUT2D eigenvalue weighted by Gasteiger charge is 2.24. The Labute approximate surface area is 94.4 Å². The third-order valence-corrected chi connectivity index (χ3v) is 2.90. The van der Waals surface area contributed by atoms with Crippen molar-refractivity contribution in [3.63, 3.8) is 0 Å². The number of fused-ring (bicyclic) bond motifs is 3. The molecule has 1 N–H and O–H groups in total. The molecule has 1 aliphatic rings. The minimum absolute atomic E-state index is 0.171. The van der Waals surface area contributed by atoms with Gasteiger partial charge in [-0.15, -0.1) is 0 Å². The zero-order valence-electron chi connectivity index (χ0n) is 9.27. The molecule has 80 valence electrons. The summed E-state index contributed by atoms with van der Waals surface area (Å²) in [5.74, 6) is 0.867. The van der Waals surface area contributed by atoms with Crippen LogP contribution in [0, 0.1) is 0 Å². The van der Waals surface area contributed by atoms with E-state index in [1.165, 1.54) is 0 Å². The Kier molecular flexibility index (Phi) is 1.92. The number of hydrogen-bond acceptors (Lipinski definition) is 3. The molecule has 16 heavy (non-hydrogen) atoms. The van der Waals surface area contributed by atoms with Crippen molar-refractivity contribution in [2.75, 3.05) is 12.3 Å². The van der Waals surface area contributed by atoms with Crippen molar-refractivity contribution in [3.05, 3.63) is 30.5 Å². The van der Waals surface area contributed by atoms with Crippen LogP contribution in [-0.2, 0) is 0 Å². The van der Waals surface area contributed by atoms with E-state index < -0.39 is 0 Å². The van der Waals surface area contributed by atoms with E-state index in [9.17, 15) is 0 Å². The molecule has 0 atom stereocenters. The highest BCUT2D eigenvalue weighted by Crippen LogP contribution is 2.34. The zero-order valence-corrected chi connectivity index (χ0v) is 9.27. The summed E-state index contributed by atoms with van der Waals surface area (Å²) in [6.07, 6.45) is 1.83. The molecular formula is C11H12BN3O. The first-order valence-electron chi connectivity index (χ1n) is 5.28. The van der Waals surface area contributed by atoms with E-state index in [1.807, 2.05) is 29.0 Å². The van der Waals surface area contributed by atoms with Crippen LogP contribution in [0.15, 0.2) is 30.5 Å². The first kappa shape index (κ1) is 9.33. The van der Waals surface area contributed by atoms with Crippen LogP contribution in [-0.4, -0.2) is 23.8 Å². The Morgan fingerprint density at radius 2 is 2.25 bits per heavy atom. The van der Waals surface area contributed by atoms with Gasteiger partial charge in [0.15, 0.2) is 0 Å². The van der Waals surface area contributed by atoms with Crippen molar-refractivity contribution in [1.82, 2.24) is 9.69 Å². The van der Waals surface area contributed by atoms with Crippen molar-refractivity contribution >= 4 is 12.7 Å². The largest absolute Gasteiger partial charge is 0.497 e. The summed E-state index contributed by atoms with van der Waals surface area (Å²) >= 11 is 0. The molecule has 0 aliphatic carbocycles. The van der Waals surface area contributed by atoms with Gasteiger partial charge in [-0.2, -0.15) is 5.10 Å². The smallest absolute Gasteiger partial charge is 0.392 e. The summed E-state index contributed by atoms with van der Waals surface area (Å²) in [6.45, 7) is 2.25. The van der Waals surface area contributed by atoms with Crippen molar-refractivity contribution in [3.8, 4) is 17.0 Å². The van der Waals surface area contributed by atoms with E-state index in [0.717, 1.165) is 22.7 Å². The van der Waals surface area contributed by atoms with Crippen LogP contribution in [0.2, 0.25) is 6.82 Å². The second kappa shape index (κ2) is 3.30. The van der Waals surface area contributed by atoms with E-state index in [4.69, 9.17) is 4.74 Å². The lowest BCUT2D eigenvalue weighted by Gasteiger charge is -2.24. The molecule has 0 unspecified atom stereocenters. The normalized spacial score (nSPS) is 12.8. The molecule has 0 bridgehead atoms. The minimum atomic E-state index is 0.171. The topological polar surface area (TPSA) is 39.1 Å². The van der Waals surface area contributed by atoms with Gasteiger partial charge in [0.05, 0.1) is 12.8 Å². The van der Waals surface area contributed by atoms with Gasteiger partial charge in [0, 0.05) is 23.5 Å². The van der Waals surface area contributed by atoms with Crippen LogP contribution < -0.4 is 9.96 Å². The van der Waals surface area contributed by atoms with Crippen LogP contribution in [0.4, 0.5) is 5.69 Å². The number of benzene rings is 1. The summed E-state index contributed by atoms with van der Waals surface area (Å²) in [5.41, 5.74) is 3.40. The average Bonchev–Trinajstić information content (AvgIpc) is 2.78. The number of nitrogens with zero attached hydrogens (tertiary/aromatic N) is 2. The molecule has 4 nitrogen and oxygen atoms in total. The molecule has 0 radical (unpaired) electrons. The van der Waals surface area contributed by atoms with Gasteiger partial charge in [0.25, 0.3) is 0 Å². The fraction of sp³-hybridized carbons (Fsp3) is 0.182. The number of nitrogens with one attached hydrogen (secondary N) is 1. The highest BCUT2D eigenvalue weighted by molar-refractivity contribution is 6.60. The van der Waals surface area contributed by atoms with Gasteiger partial charge in [0.2, 0.25) is 0 Å². The highest BCUT2D eigenvalue weighted by atomic mass is 16.5. The molecule has 1 aromatic heterocycles. The monoisotopic (exact) mass is 213 g/mol. The van der Waals surface area contributed by atoms with Crippen molar-refractivity contribution in [2.45, 2.75) is 6.82 Å². The average molecular weight is 213 g/mol. The SMILES string of the molecule is COc1ccc2c(c1)NB(C)n1nccc1-2. The molecule has 5 heteroatoms. The Hall–Kier alpha value is -1.91. The standard InChI is InChI=1S/C11H12BN3O/c1-12-14-10-7-8(16-2)3-4-9(10)11-5-6-13-15(11)12/h3-7,14H,1-2H3. The second-order valence-electron chi connectivity index (χ2n) is 3.89. The Bertz CT molecular complexity index is 538. The van der Waals surface area contributed by atoms with Crippen LogP contribution in [0.1, 0.15) is 0 Å². The molecule has 2 aromatic rings. The molecule has 0 fully saturated rings. The molecule has 0 saturated carbocycles. The summed E-state index contributed by atoms with van der Waals surface area (Å²) < 4.78 is 7.20. The number of methoxy groups -OCH3 is 1. The summed E-state index contributed by atoms with van der Waals surface area (Å²) in [6, 6.07) is 8.07. The summed E-state index contributed by atoms with van der Waals surface area (Å²) in [4.78, 5) is 0. The predicted octanol–water partition coefficient (Wildman–Crippen LogP) is 1.95. The number of anilines is 1. The third-order valence-electron chi connectivity index (χ3n) is 2.90. The fourth-order valence-corrected chi connectivity index (χ4v) is 2.12. The molecule has 2 heterocycles. The maximum Gasteiger partial charge on any atom is 0.392 e. The summed E-state index contributed by atoms with van der Waals surface area (Å²) in [7, 11) is 1.68. The predicted molar refractivity (Wildman–Crippen MR) is 64.9 cm³/mol. The maximum absolute atomic E-state index is 5.22. The molecule has 1 aliphatic heterocycles. The first-order chi connectivity index (χ1) is 7.79. The van der Waals surface area contributed by atoms with Gasteiger partial charge in [-0.1, -0.05) is 0 Å². The lowest BCUT2D eigenvalue weighted by Crippen LogP contribution is -2.35. The van der Waals surface area contributed by atoms with E-state index in [2.05, 4.69) is 23.2 Å².